The Labute approximate surface area is 119 Å². The zero-order chi connectivity index (χ0) is 14.5. The standard InChI is InChI=1S/C15H22N2O3/c1-11-10-20-13(9-18)8-17(11)15(19)14(16)7-12-5-3-2-4-6-12/h2-6,11,13-14,18H,7-10,16H2,1H3. The van der Waals surface area contributed by atoms with Crippen LogP contribution in [0.1, 0.15) is 12.5 Å². The molecular formula is C15H22N2O3. The number of nitrogens with two attached hydrogens (primary N) is 1. The molecule has 1 aromatic carbocycles. The van der Waals surface area contributed by atoms with E-state index < -0.39 is 6.04 Å². The molecule has 20 heavy (non-hydrogen) atoms. The van der Waals surface area contributed by atoms with E-state index in [9.17, 15) is 4.79 Å². The first kappa shape index (κ1) is 15.0. The Morgan fingerprint density at radius 3 is 2.85 bits per heavy atom. The van der Waals surface area contributed by atoms with E-state index in [1.165, 1.54) is 0 Å². The van der Waals surface area contributed by atoms with Gasteiger partial charge in [-0.1, -0.05) is 30.3 Å². The van der Waals surface area contributed by atoms with Gasteiger partial charge in [0.05, 0.1) is 31.4 Å². The van der Waals surface area contributed by atoms with Gasteiger partial charge in [0.1, 0.15) is 0 Å². The van der Waals surface area contributed by atoms with Gasteiger partial charge in [-0.3, -0.25) is 4.79 Å². The van der Waals surface area contributed by atoms with Crippen LogP contribution in [0.5, 0.6) is 0 Å². The number of aliphatic hydroxyl groups excluding tert-OH is 1. The van der Waals surface area contributed by atoms with E-state index in [-0.39, 0.29) is 24.7 Å². The molecule has 0 aliphatic carbocycles. The SMILES string of the molecule is CC1COC(CO)CN1C(=O)C(N)Cc1ccccc1. The van der Waals surface area contributed by atoms with E-state index in [1.807, 2.05) is 37.3 Å². The third-order valence-electron chi connectivity index (χ3n) is 3.61. The monoisotopic (exact) mass is 278 g/mol. The number of amides is 1. The van der Waals surface area contributed by atoms with Crippen LogP contribution in [-0.2, 0) is 16.0 Å². The van der Waals surface area contributed by atoms with Gasteiger partial charge < -0.3 is 20.5 Å². The summed E-state index contributed by atoms with van der Waals surface area (Å²) in [5, 5.41) is 9.16. The van der Waals surface area contributed by atoms with Crippen LogP contribution < -0.4 is 5.73 Å². The molecule has 110 valence electrons. The molecule has 1 aliphatic heterocycles. The van der Waals surface area contributed by atoms with Gasteiger partial charge in [0.2, 0.25) is 5.91 Å². The predicted octanol–water partition coefficient (Wildman–Crippen LogP) is 0.165. The summed E-state index contributed by atoms with van der Waals surface area (Å²) in [5.41, 5.74) is 7.08. The van der Waals surface area contributed by atoms with Gasteiger partial charge in [-0.25, -0.2) is 0 Å². The molecule has 0 aromatic heterocycles. The molecule has 5 heteroatoms. The molecule has 1 saturated heterocycles. The van der Waals surface area contributed by atoms with Gasteiger partial charge >= 0.3 is 0 Å². The molecule has 1 fully saturated rings. The average Bonchev–Trinajstić information content (AvgIpc) is 2.48. The largest absolute Gasteiger partial charge is 0.394 e. The third-order valence-corrected chi connectivity index (χ3v) is 3.61. The summed E-state index contributed by atoms with van der Waals surface area (Å²) in [4.78, 5) is 14.2. The lowest BCUT2D eigenvalue weighted by molar-refractivity contribution is -0.147. The van der Waals surface area contributed by atoms with Crippen molar-refractivity contribution in [3.8, 4) is 0 Å². The van der Waals surface area contributed by atoms with Gasteiger partial charge in [-0.15, -0.1) is 0 Å². The highest BCUT2D eigenvalue weighted by Gasteiger charge is 2.31. The van der Waals surface area contributed by atoms with Crippen LogP contribution >= 0.6 is 0 Å². The van der Waals surface area contributed by atoms with Crippen LogP contribution in [0, 0.1) is 0 Å². The number of ether oxygens (including phenoxy) is 1. The normalized spacial score (nSPS) is 24.4. The summed E-state index contributed by atoms with van der Waals surface area (Å²) in [5.74, 6) is -0.0805. The Morgan fingerprint density at radius 2 is 2.20 bits per heavy atom. The van der Waals surface area contributed by atoms with E-state index >= 15 is 0 Å². The van der Waals surface area contributed by atoms with Crippen molar-refractivity contribution in [1.82, 2.24) is 4.90 Å². The molecule has 1 aliphatic rings. The van der Waals surface area contributed by atoms with Crippen molar-refractivity contribution in [2.75, 3.05) is 19.8 Å². The smallest absolute Gasteiger partial charge is 0.240 e. The molecule has 3 atom stereocenters. The lowest BCUT2D eigenvalue weighted by Crippen LogP contribution is -2.56. The molecule has 0 saturated carbocycles. The maximum Gasteiger partial charge on any atom is 0.240 e. The van der Waals surface area contributed by atoms with Gasteiger partial charge in [-0.2, -0.15) is 0 Å². The van der Waals surface area contributed by atoms with Gasteiger partial charge in [0.25, 0.3) is 0 Å². The van der Waals surface area contributed by atoms with Crippen LogP contribution in [0.15, 0.2) is 30.3 Å². The average molecular weight is 278 g/mol. The number of aliphatic hydroxyl groups is 1. The first-order valence-corrected chi connectivity index (χ1v) is 6.94. The summed E-state index contributed by atoms with van der Waals surface area (Å²) in [7, 11) is 0. The topological polar surface area (TPSA) is 75.8 Å². The van der Waals surface area contributed by atoms with E-state index in [0.717, 1.165) is 5.56 Å². The molecule has 1 amide bonds. The fourth-order valence-electron chi connectivity index (χ4n) is 2.40. The summed E-state index contributed by atoms with van der Waals surface area (Å²) in [6, 6.07) is 9.17. The molecule has 0 bridgehead atoms. The maximum absolute atomic E-state index is 12.4. The van der Waals surface area contributed by atoms with E-state index in [2.05, 4.69) is 0 Å². The zero-order valence-corrected chi connectivity index (χ0v) is 11.7. The molecule has 3 N–H and O–H groups in total. The molecule has 5 nitrogen and oxygen atoms in total. The Morgan fingerprint density at radius 1 is 1.50 bits per heavy atom. The number of morpholine rings is 1. The van der Waals surface area contributed by atoms with Crippen molar-refractivity contribution >= 4 is 5.91 Å². The molecule has 0 spiro atoms. The van der Waals surface area contributed by atoms with Crippen LogP contribution in [-0.4, -0.2) is 53.9 Å². The van der Waals surface area contributed by atoms with E-state index in [4.69, 9.17) is 15.6 Å². The molecule has 3 unspecified atom stereocenters. The summed E-state index contributed by atoms with van der Waals surface area (Å²) in [6.45, 7) is 2.69. The Balaban J connectivity index is 1.98. The van der Waals surface area contributed by atoms with Crippen molar-refractivity contribution in [3.05, 3.63) is 35.9 Å². The van der Waals surface area contributed by atoms with Gasteiger partial charge in [-0.05, 0) is 18.9 Å². The van der Waals surface area contributed by atoms with Crippen molar-refractivity contribution < 1.29 is 14.6 Å². The Bertz CT molecular complexity index is 438. The van der Waals surface area contributed by atoms with Crippen molar-refractivity contribution in [2.45, 2.75) is 31.5 Å². The maximum atomic E-state index is 12.4. The number of carbonyl (C=O) groups is 1. The van der Waals surface area contributed by atoms with E-state index in [1.54, 1.807) is 4.90 Å². The fraction of sp³-hybridized carbons (Fsp3) is 0.533. The first-order valence-electron chi connectivity index (χ1n) is 6.94. The van der Waals surface area contributed by atoms with Gasteiger partial charge in [0.15, 0.2) is 0 Å². The first-order chi connectivity index (χ1) is 9.61. The lowest BCUT2D eigenvalue weighted by Gasteiger charge is -2.38. The second-order valence-electron chi connectivity index (χ2n) is 5.27. The van der Waals surface area contributed by atoms with E-state index in [0.29, 0.717) is 19.6 Å². The minimum absolute atomic E-state index is 0.00729. The molecular weight excluding hydrogens is 256 g/mol. The number of hydrogen-bond donors (Lipinski definition) is 2. The van der Waals surface area contributed by atoms with Crippen LogP contribution in [0.25, 0.3) is 0 Å². The number of benzene rings is 1. The second-order valence-corrected chi connectivity index (χ2v) is 5.27. The lowest BCUT2D eigenvalue weighted by atomic mass is 10.0. The molecule has 2 rings (SSSR count). The highest BCUT2D eigenvalue weighted by molar-refractivity contribution is 5.82. The third kappa shape index (κ3) is 3.56. The summed E-state index contributed by atoms with van der Waals surface area (Å²) in [6.07, 6.45) is 0.215. The van der Waals surface area contributed by atoms with Crippen molar-refractivity contribution in [2.24, 2.45) is 5.73 Å². The number of rotatable bonds is 4. The summed E-state index contributed by atoms with van der Waals surface area (Å²) >= 11 is 0. The van der Waals surface area contributed by atoms with Crippen LogP contribution in [0.3, 0.4) is 0 Å². The number of hydrogen-bond acceptors (Lipinski definition) is 4. The zero-order valence-electron chi connectivity index (χ0n) is 11.7. The van der Waals surface area contributed by atoms with Crippen molar-refractivity contribution in [3.63, 3.8) is 0 Å². The highest BCUT2D eigenvalue weighted by Crippen LogP contribution is 2.14. The Hall–Kier alpha value is -1.43. The quantitative estimate of drug-likeness (QED) is 0.823. The van der Waals surface area contributed by atoms with Crippen molar-refractivity contribution in [1.29, 1.82) is 0 Å². The minimum atomic E-state index is -0.558. The molecule has 1 aromatic rings. The Kier molecular flexibility index (Phi) is 5.11. The highest BCUT2D eigenvalue weighted by atomic mass is 16.5. The fourth-order valence-corrected chi connectivity index (χ4v) is 2.40. The van der Waals surface area contributed by atoms with Crippen LogP contribution in [0.4, 0.5) is 0 Å². The summed E-state index contributed by atoms with van der Waals surface area (Å²) < 4.78 is 5.43. The minimum Gasteiger partial charge on any atom is -0.394 e. The van der Waals surface area contributed by atoms with Crippen LogP contribution in [0.2, 0.25) is 0 Å². The number of nitrogens with zero attached hydrogens (tertiary/aromatic N) is 1. The molecule has 1 heterocycles. The predicted molar refractivity (Wildman–Crippen MR) is 76.1 cm³/mol. The second kappa shape index (κ2) is 6.83. The molecule has 0 radical (unpaired) electrons. The van der Waals surface area contributed by atoms with Gasteiger partial charge in [0, 0.05) is 6.54 Å². The number of carbonyl (C=O) groups excluding carboxylic acids is 1.